The van der Waals surface area contributed by atoms with Crippen molar-refractivity contribution in [3.05, 3.63) is 34.0 Å². The van der Waals surface area contributed by atoms with E-state index in [1.165, 1.54) is 20.8 Å². The van der Waals surface area contributed by atoms with Crippen molar-refractivity contribution in [2.24, 2.45) is 50.2 Å². The van der Waals surface area contributed by atoms with Gasteiger partial charge in [-0.05, 0) is 0 Å². The molecule has 6 nitrogen and oxygen atoms in total. The number of ketones is 3. The van der Waals surface area contributed by atoms with Crippen molar-refractivity contribution < 1.29 is 93.8 Å². The van der Waals surface area contributed by atoms with Gasteiger partial charge in [0.15, 0.2) is 0 Å². The Bertz CT molecular complexity index is 1550. The van der Waals surface area contributed by atoms with Gasteiger partial charge >= 0.3 is 315 Å². The number of hydrogen-bond donors (Lipinski definition) is 0. The van der Waals surface area contributed by atoms with Crippen LogP contribution >= 0.6 is 0 Å². The molecule has 6 saturated carbocycles. The van der Waals surface area contributed by atoms with Crippen LogP contribution in [-0.4, -0.2) is 35.9 Å². The molecule has 52 heavy (non-hydrogen) atoms. The molecule has 6 atom stereocenters. The maximum absolute atomic E-state index is 15.0. The van der Waals surface area contributed by atoms with Gasteiger partial charge < -0.3 is 0 Å². The van der Waals surface area contributed by atoms with Crippen molar-refractivity contribution >= 4 is 17.3 Å². The molecule has 0 radical (unpaired) electrons. The van der Waals surface area contributed by atoms with E-state index in [0.717, 1.165) is 0 Å². The number of hydrogen-bond acceptors (Lipinski definition) is 6. The van der Waals surface area contributed by atoms with Gasteiger partial charge in [0.2, 0.25) is 0 Å². The van der Waals surface area contributed by atoms with Crippen LogP contribution in [0, 0.1) is 87.1 Å². The normalized spacial score (nSPS) is 38.7. The van der Waals surface area contributed by atoms with Crippen molar-refractivity contribution in [3.8, 4) is 0 Å². The molecule has 6 fully saturated rings. The van der Waals surface area contributed by atoms with E-state index in [1.54, 1.807) is 41.5 Å². The van der Waals surface area contributed by atoms with Crippen LogP contribution in [0.1, 0.15) is 101 Å². The van der Waals surface area contributed by atoms with E-state index in [0.29, 0.717) is 0 Å². The molecular formula is C36H42F9O6Pr. The molecule has 6 aliphatic carbocycles. The molecule has 288 valence electrons. The van der Waals surface area contributed by atoms with Crippen LogP contribution in [-0.2, 0) is 17.4 Å². The number of halogens is 9. The average molecular weight is 883 g/mol. The molecule has 0 N–H and O–H groups in total. The van der Waals surface area contributed by atoms with E-state index in [1.807, 2.05) is 0 Å². The van der Waals surface area contributed by atoms with Gasteiger partial charge in [-0.25, -0.2) is 0 Å². The fraction of sp³-hybridized carbons (Fsp3) is 0.750. The van der Waals surface area contributed by atoms with Crippen molar-refractivity contribution in [1.82, 2.24) is 0 Å². The van der Waals surface area contributed by atoms with Crippen molar-refractivity contribution in [2.75, 3.05) is 0 Å². The predicted molar refractivity (Wildman–Crippen MR) is 161 cm³/mol. The molecule has 0 aromatic carbocycles. The molecule has 6 aliphatic rings. The summed E-state index contributed by atoms with van der Waals surface area (Å²) in [5.41, 5.74) is -9.78. The quantitative estimate of drug-likeness (QED) is 0.150. The van der Waals surface area contributed by atoms with Crippen LogP contribution < -0.4 is 0 Å². The zero-order valence-electron chi connectivity index (χ0n) is 30.4. The second-order valence-corrected chi connectivity index (χ2v) is 21.9. The molecule has 6 bridgehead atoms. The van der Waals surface area contributed by atoms with Crippen LogP contribution in [0.4, 0.5) is 39.5 Å². The molecule has 0 saturated heterocycles. The Morgan fingerprint density at radius 1 is 0.481 bits per heavy atom. The zero-order chi connectivity index (χ0) is 39.4. The summed E-state index contributed by atoms with van der Waals surface area (Å²) in [4.78, 5) is 41.0. The summed E-state index contributed by atoms with van der Waals surface area (Å²) in [6.45, 7) is 13.8. The van der Waals surface area contributed by atoms with Gasteiger partial charge in [-0.3, -0.25) is 0 Å². The van der Waals surface area contributed by atoms with Crippen molar-refractivity contribution in [1.29, 1.82) is 0 Å². The molecule has 16 heteroatoms. The Balaban J connectivity index is 1.57. The number of carbonyl (C=O) groups excluding carboxylic acids is 3. The summed E-state index contributed by atoms with van der Waals surface area (Å²) in [5, 5.41) is 0. The first-order valence-corrected chi connectivity index (χ1v) is 21.9. The summed E-state index contributed by atoms with van der Waals surface area (Å²) in [6.07, 6.45) is -15.8. The summed E-state index contributed by atoms with van der Waals surface area (Å²) < 4.78 is 151. The maximum atomic E-state index is 15.0. The van der Waals surface area contributed by atoms with Crippen LogP contribution in [0.3, 0.4) is 0 Å². The fourth-order valence-electron chi connectivity index (χ4n) is 10.6. The molecule has 0 spiro atoms. The second kappa shape index (κ2) is 11.5. The molecule has 0 aromatic heterocycles. The topological polar surface area (TPSA) is 78.9 Å². The van der Waals surface area contributed by atoms with E-state index in [4.69, 9.17) is 3.02 Å². The Morgan fingerprint density at radius 3 is 0.846 bits per heavy atom. The van der Waals surface area contributed by atoms with E-state index in [-0.39, 0.29) is 38.5 Å². The first-order chi connectivity index (χ1) is 23.3. The second-order valence-electron chi connectivity index (χ2n) is 17.8. The van der Waals surface area contributed by atoms with Gasteiger partial charge in [0.25, 0.3) is 0 Å². The number of alkyl halides is 9. The minimum absolute atomic E-state index is 0.0835. The molecule has 0 aliphatic heterocycles. The van der Waals surface area contributed by atoms with Crippen molar-refractivity contribution in [2.45, 2.75) is 119 Å². The molecular weight excluding hydrogens is 840 g/mol. The van der Waals surface area contributed by atoms with Crippen LogP contribution in [0.2, 0.25) is 0 Å². The number of rotatable bonds is 6. The Morgan fingerprint density at radius 2 is 0.692 bits per heavy atom. The standard InChI is InChI=1S/3C12H15F3O2.Pr/c3*1-10(2)6-4-5-11(10,3)8(16)7(6)9(17)12(13,14)15;/h3*6,17H,4-5H2,1-3H3;/q;;;+3/p-3/b3*9-7-;/t3*6-,11+;/m111./s1. The predicted octanol–water partition coefficient (Wildman–Crippen LogP) is 9.93. The fourth-order valence-corrected chi connectivity index (χ4v) is 15.4. The monoisotopic (exact) mass is 882 g/mol. The van der Waals surface area contributed by atoms with Gasteiger partial charge in [-0.15, -0.1) is 0 Å². The summed E-state index contributed by atoms with van der Waals surface area (Å²) in [7, 11) is 0. The summed E-state index contributed by atoms with van der Waals surface area (Å²) in [6, 6.07) is 0. The third-order valence-electron chi connectivity index (χ3n) is 15.1. The van der Waals surface area contributed by atoms with E-state index in [9.17, 15) is 14.4 Å². The summed E-state index contributed by atoms with van der Waals surface area (Å²) >= 11 is -6.73. The minimum atomic E-state index is -6.73. The Labute approximate surface area is 312 Å². The van der Waals surface area contributed by atoms with Crippen molar-refractivity contribution in [3.63, 3.8) is 0 Å². The van der Waals surface area contributed by atoms with E-state index >= 15 is 39.5 Å². The zero-order valence-corrected chi connectivity index (χ0v) is 34.1. The average Bonchev–Trinajstić information content (AvgIpc) is 3.59. The molecule has 0 heterocycles. The first-order valence-electron chi connectivity index (χ1n) is 17.4. The van der Waals surface area contributed by atoms with Crippen LogP contribution in [0.5, 0.6) is 0 Å². The third kappa shape index (κ3) is 5.13. The number of fused-ring (bicyclic) bond motifs is 6. The number of allylic oxidation sites excluding steroid dienone is 6. The van der Waals surface area contributed by atoms with Crippen LogP contribution in [0.15, 0.2) is 34.0 Å². The molecule has 0 amide bonds. The SMILES string of the molecule is CC1(C)[C@@H]2CC[C@@]1(C)C(=O)/C2=C(\[O][Pr]([O]/C(=C1\C(=O)[C@]2(C)CC[C@H]1C2(C)C)C(F)(F)F)[O]/C(=C1\C(=O)[C@]2(C)CC[C@H]1C2(C)C)C(F)(F)F)C(F)(F)F. The van der Waals surface area contributed by atoms with Gasteiger partial charge in [0.05, 0.1) is 0 Å². The molecule has 6 rings (SSSR count). The Kier molecular flexibility index (Phi) is 8.83. The number of carbonyl (C=O) groups is 3. The Hall–Kier alpha value is -1.64. The van der Waals surface area contributed by atoms with E-state index < -0.39 is 157 Å². The van der Waals surface area contributed by atoms with Crippen LogP contribution in [0.25, 0.3) is 0 Å². The van der Waals surface area contributed by atoms with Gasteiger partial charge in [0.1, 0.15) is 0 Å². The van der Waals surface area contributed by atoms with E-state index in [2.05, 4.69) is 0 Å². The molecule has 0 unspecified atom stereocenters. The summed E-state index contributed by atoms with van der Waals surface area (Å²) in [5.74, 6) is -12.4. The number of Topliss-reactive ketones (excluding diaryl/α,β-unsaturated/α-hetero) is 3. The van der Waals surface area contributed by atoms with Gasteiger partial charge in [-0.2, -0.15) is 0 Å². The molecule has 0 aromatic rings. The first kappa shape index (κ1) is 40.0. The van der Waals surface area contributed by atoms with Gasteiger partial charge in [0, 0.05) is 0 Å². The van der Waals surface area contributed by atoms with Gasteiger partial charge in [-0.1, -0.05) is 0 Å². The third-order valence-corrected chi connectivity index (χ3v) is 19.2.